The number of methoxy groups -OCH3 is 3. The second-order valence-electron chi connectivity index (χ2n) is 14.6. The van der Waals surface area contributed by atoms with Gasteiger partial charge in [-0.3, -0.25) is 23.7 Å². The van der Waals surface area contributed by atoms with Gasteiger partial charge in [-0.2, -0.15) is 4.98 Å². The monoisotopic (exact) mass is 911 g/mol. The zero-order valence-corrected chi connectivity index (χ0v) is 37.1. The Morgan fingerprint density at radius 3 is 2.05 bits per heavy atom. The molecule has 0 radical (unpaired) electrons. The van der Waals surface area contributed by atoms with E-state index < -0.39 is 59.1 Å². The first-order valence-corrected chi connectivity index (χ1v) is 19.9. The minimum absolute atomic E-state index is 0.00891. The van der Waals surface area contributed by atoms with Crippen LogP contribution in [0.15, 0.2) is 53.5 Å². The molecule has 2 aromatic carbocycles. The van der Waals surface area contributed by atoms with Gasteiger partial charge in [0.25, 0.3) is 11.8 Å². The van der Waals surface area contributed by atoms with E-state index in [1.165, 1.54) is 56.4 Å². The molecule has 0 spiro atoms. The second-order valence-corrected chi connectivity index (χ2v) is 14.6. The Kier molecular flexibility index (Phi) is 23.4. The summed E-state index contributed by atoms with van der Waals surface area (Å²) in [6.45, 7) is 4.90. The number of aliphatic hydroxyl groups is 1. The predicted molar refractivity (Wildman–Crippen MR) is 233 cm³/mol. The summed E-state index contributed by atoms with van der Waals surface area (Å²) in [7, 11) is 3.80. The first-order chi connectivity index (χ1) is 30.8. The van der Waals surface area contributed by atoms with Crippen LogP contribution in [0, 0.1) is 17.3 Å². The SMILES string of the molecule is CC(C)(C)C(=O)O.COC(=O)c1cc(C(=O)NCCNC(=O)c2cccc(OCC(N)OCCOCC(=O)NCC#Cc3cn(CCC(CO)OC)c(=O)nc3N)c2)cc(C(=O)OC)c1. The molecule has 2 unspecified atom stereocenters. The average molecular weight is 912 g/mol. The van der Waals surface area contributed by atoms with Crippen molar-refractivity contribution in [2.24, 2.45) is 11.1 Å². The van der Waals surface area contributed by atoms with Crippen molar-refractivity contribution < 1.29 is 67.4 Å². The molecule has 0 fully saturated rings. The predicted octanol–water partition coefficient (Wildman–Crippen LogP) is -0.0623. The van der Waals surface area contributed by atoms with E-state index in [1.54, 1.807) is 39.0 Å². The quantitative estimate of drug-likeness (QED) is 0.0300. The normalized spacial score (nSPS) is 11.6. The zero-order valence-electron chi connectivity index (χ0n) is 37.1. The minimum atomic E-state index is -0.849. The van der Waals surface area contributed by atoms with Gasteiger partial charge in [0, 0.05) is 44.1 Å². The highest BCUT2D eigenvalue weighted by atomic mass is 16.6. The number of carboxylic acids is 1. The number of aryl methyl sites for hydroxylation is 1. The molecule has 1 aromatic heterocycles. The molecule has 22 heteroatoms. The van der Waals surface area contributed by atoms with Crippen LogP contribution in [0.3, 0.4) is 0 Å². The molecule has 22 nitrogen and oxygen atoms in total. The van der Waals surface area contributed by atoms with Gasteiger partial charge in [-0.25, -0.2) is 14.4 Å². The molecule has 354 valence electrons. The topological polar surface area (TPSA) is 321 Å². The highest BCUT2D eigenvalue weighted by Crippen LogP contribution is 2.15. The molecular formula is C43H57N7O15. The van der Waals surface area contributed by atoms with E-state index in [1.807, 2.05) is 0 Å². The van der Waals surface area contributed by atoms with Crippen LogP contribution in [0.5, 0.6) is 5.75 Å². The fraction of sp³-hybridized carbons (Fsp3) is 0.442. The van der Waals surface area contributed by atoms with Gasteiger partial charge in [0.05, 0.1) is 68.8 Å². The number of benzene rings is 2. The number of nitrogen functional groups attached to an aromatic ring is 1. The van der Waals surface area contributed by atoms with Crippen LogP contribution in [-0.4, -0.2) is 142 Å². The van der Waals surface area contributed by atoms with Crippen molar-refractivity contribution in [3.8, 4) is 17.6 Å². The summed E-state index contributed by atoms with van der Waals surface area (Å²) in [5.74, 6) is 2.12. The summed E-state index contributed by atoms with van der Waals surface area (Å²) in [6, 6.07) is 10.1. The number of hydrogen-bond donors (Lipinski definition) is 7. The summed E-state index contributed by atoms with van der Waals surface area (Å²) in [5.41, 5.74) is 11.2. The molecule has 3 aromatic rings. The molecule has 65 heavy (non-hydrogen) atoms. The summed E-state index contributed by atoms with van der Waals surface area (Å²) in [5, 5.41) is 25.4. The number of anilines is 1. The van der Waals surface area contributed by atoms with Crippen LogP contribution in [-0.2, 0) is 39.8 Å². The Labute approximate surface area is 375 Å². The molecule has 3 rings (SSSR count). The maximum absolute atomic E-state index is 12.7. The van der Waals surface area contributed by atoms with Crippen LogP contribution in [0.1, 0.15) is 74.2 Å². The van der Waals surface area contributed by atoms with Gasteiger partial charge >= 0.3 is 23.6 Å². The van der Waals surface area contributed by atoms with Crippen LogP contribution in [0.4, 0.5) is 5.82 Å². The number of nitrogens with two attached hydrogens (primary N) is 2. The lowest BCUT2D eigenvalue weighted by Crippen LogP contribution is -2.35. The lowest BCUT2D eigenvalue weighted by Gasteiger charge is -2.15. The van der Waals surface area contributed by atoms with Crippen molar-refractivity contribution in [2.45, 2.75) is 46.1 Å². The number of carboxylic acid groups (broad SMARTS) is 1. The maximum atomic E-state index is 12.7. The molecular weight excluding hydrogens is 855 g/mol. The molecule has 0 aliphatic heterocycles. The Bertz CT molecular complexity index is 2170. The van der Waals surface area contributed by atoms with E-state index in [2.05, 4.69) is 42.2 Å². The fourth-order valence-electron chi connectivity index (χ4n) is 4.82. The van der Waals surface area contributed by atoms with Crippen molar-refractivity contribution in [3.05, 3.63) is 87.0 Å². The van der Waals surface area contributed by atoms with Gasteiger partial charge in [-0.1, -0.05) is 17.9 Å². The molecule has 0 saturated heterocycles. The number of amides is 3. The lowest BCUT2D eigenvalue weighted by atomic mass is 9.98. The largest absolute Gasteiger partial charge is 0.489 e. The third kappa shape index (κ3) is 20.0. The van der Waals surface area contributed by atoms with Crippen molar-refractivity contribution in [1.29, 1.82) is 0 Å². The molecule has 1 heterocycles. The van der Waals surface area contributed by atoms with E-state index in [9.17, 15) is 38.7 Å². The number of esters is 2. The minimum Gasteiger partial charge on any atom is -0.489 e. The van der Waals surface area contributed by atoms with Gasteiger partial charge in [0.1, 0.15) is 31.0 Å². The molecule has 0 aliphatic rings. The lowest BCUT2D eigenvalue weighted by molar-refractivity contribution is -0.145. The van der Waals surface area contributed by atoms with Gasteiger partial charge in [0.15, 0.2) is 0 Å². The Balaban J connectivity index is 0.00000191. The molecule has 3 amide bonds. The molecule has 9 N–H and O–H groups in total. The van der Waals surface area contributed by atoms with Crippen LogP contribution in [0.2, 0.25) is 0 Å². The number of aliphatic hydroxyl groups excluding tert-OH is 1. The summed E-state index contributed by atoms with van der Waals surface area (Å²) in [6.07, 6.45) is 0.555. The molecule has 0 saturated carbocycles. The van der Waals surface area contributed by atoms with E-state index in [-0.39, 0.29) is 87.3 Å². The molecule has 0 aliphatic carbocycles. The smallest absolute Gasteiger partial charge is 0.349 e. The standard InChI is InChI=1S/C38H47N7O13.C5H10O2/c1-53-30(21-46)9-13-45-20-25(33(40)44-38(45)52)7-5-10-41-32(47)23-56-14-15-57-31(39)22-58-29-8-4-6-24(19-29)34(48)42-11-12-43-35(49)26-16-27(36(50)54-2)18-28(17-26)37(51)55-3;1-5(2,3)4(6)7/h4,6,8,16-20,30-31,46H,9-15,21-23,39H2,1-3H3,(H,41,47)(H,42,48)(H,43,49)(H2,40,44,52);1-3H3,(H,6,7). The zero-order chi connectivity index (χ0) is 48.5. The number of aliphatic carboxylic acids is 1. The van der Waals surface area contributed by atoms with Gasteiger partial charge in [-0.05, 0) is 63.6 Å². The third-order valence-corrected chi connectivity index (χ3v) is 8.53. The average Bonchev–Trinajstić information content (AvgIpc) is 3.28. The molecule has 2 atom stereocenters. The number of ether oxygens (including phenoxy) is 6. The first-order valence-electron chi connectivity index (χ1n) is 19.9. The fourth-order valence-corrected chi connectivity index (χ4v) is 4.82. The number of carbonyl (C=O) groups excluding carboxylic acids is 5. The van der Waals surface area contributed by atoms with Crippen LogP contribution >= 0.6 is 0 Å². The van der Waals surface area contributed by atoms with Crippen molar-refractivity contribution in [2.75, 3.05) is 79.7 Å². The summed E-state index contributed by atoms with van der Waals surface area (Å²) in [4.78, 5) is 87.4. The Morgan fingerprint density at radius 2 is 1.48 bits per heavy atom. The highest BCUT2D eigenvalue weighted by molar-refractivity contribution is 6.02. The van der Waals surface area contributed by atoms with Crippen molar-refractivity contribution in [1.82, 2.24) is 25.5 Å². The van der Waals surface area contributed by atoms with Crippen LogP contribution in [0.25, 0.3) is 0 Å². The van der Waals surface area contributed by atoms with Gasteiger partial charge in [0.2, 0.25) is 5.91 Å². The second kappa shape index (κ2) is 28.0. The van der Waals surface area contributed by atoms with E-state index in [0.29, 0.717) is 17.7 Å². The van der Waals surface area contributed by atoms with Crippen molar-refractivity contribution in [3.63, 3.8) is 0 Å². The van der Waals surface area contributed by atoms with E-state index in [0.717, 1.165) is 0 Å². The number of aromatic nitrogens is 2. The number of rotatable bonds is 22. The number of nitrogens with zero attached hydrogens (tertiary/aromatic N) is 2. The third-order valence-electron chi connectivity index (χ3n) is 8.53. The highest BCUT2D eigenvalue weighted by Gasteiger charge is 2.19. The van der Waals surface area contributed by atoms with E-state index >= 15 is 0 Å². The van der Waals surface area contributed by atoms with Crippen molar-refractivity contribution >= 4 is 41.4 Å². The van der Waals surface area contributed by atoms with Crippen LogP contribution < -0.4 is 37.8 Å². The number of carbonyl (C=O) groups is 6. The number of hydrogen-bond acceptors (Lipinski definition) is 17. The first kappa shape index (κ1) is 54.2. The maximum Gasteiger partial charge on any atom is 0.349 e. The van der Waals surface area contributed by atoms with Gasteiger partial charge < -0.3 is 66.1 Å². The molecule has 0 bridgehead atoms. The van der Waals surface area contributed by atoms with E-state index in [4.69, 9.17) is 35.5 Å². The number of nitrogens with one attached hydrogen (secondary N) is 3. The summed E-state index contributed by atoms with van der Waals surface area (Å²) >= 11 is 0. The Hall–Kier alpha value is -6.90. The van der Waals surface area contributed by atoms with Gasteiger partial charge in [-0.15, -0.1) is 0 Å². The Morgan fingerprint density at radius 1 is 0.877 bits per heavy atom. The summed E-state index contributed by atoms with van der Waals surface area (Å²) < 4.78 is 32.2.